The highest BCUT2D eigenvalue weighted by atomic mass is 16.6. The molecule has 0 saturated carbocycles. The Hall–Kier alpha value is -1.69. The van der Waals surface area contributed by atoms with Crippen molar-refractivity contribution in [2.45, 2.75) is 13.8 Å². The van der Waals surface area contributed by atoms with Crippen LogP contribution in [0.3, 0.4) is 0 Å². The maximum Gasteiger partial charge on any atom is 0.314 e. The zero-order valence-electron chi connectivity index (χ0n) is 10.4. The van der Waals surface area contributed by atoms with Crippen LogP contribution in [0.15, 0.2) is 12.3 Å². The highest BCUT2D eigenvalue weighted by molar-refractivity contribution is 5.59. The Morgan fingerprint density at radius 2 is 2.29 bits per heavy atom. The van der Waals surface area contributed by atoms with Crippen molar-refractivity contribution in [3.63, 3.8) is 0 Å². The number of nitro groups is 1. The average molecular weight is 238 g/mol. The first-order valence-corrected chi connectivity index (χ1v) is 5.58. The van der Waals surface area contributed by atoms with Gasteiger partial charge in [-0.15, -0.1) is 0 Å². The minimum Gasteiger partial charge on any atom is -0.363 e. The topological polar surface area (TPSA) is 71.3 Å². The molecule has 1 aromatic heterocycles. The zero-order valence-corrected chi connectivity index (χ0v) is 10.4. The second-order valence-corrected chi connectivity index (χ2v) is 3.90. The number of pyridine rings is 1. The highest BCUT2D eigenvalue weighted by Crippen LogP contribution is 2.24. The lowest BCUT2D eigenvalue weighted by molar-refractivity contribution is -0.384. The summed E-state index contributed by atoms with van der Waals surface area (Å²) in [5, 5.41) is 13.9. The van der Waals surface area contributed by atoms with Crippen LogP contribution in [-0.2, 0) is 0 Å². The predicted octanol–water partition coefficient (Wildman–Crippen LogP) is 1.66. The van der Waals surface area contributed by atoms with Crippen molar-refractivity contribution in [3.8, 4) is 0 Å². The molecule has 0 unspecified atom stereocenters. The van der Waals surface area contributed by atoms with Gasteiger partial charge in [-0.1, -0.05) is 6.92 Å². The quantitative estimate of drug-likeness (QED) is 0.603. The molecule has 0 aliphatic rings. The van der Waals surface area contributed by atoms with Gasteiger partial charge in [-0.25, -0.2) is 4.98 Å². The van der Waals surface area contributed by atoms with Gasteiger partial charge in [-0.3, -0.25) is 10.1 Å². The van der Waals surface area contributed by atoms with Gasteiger partial charge in [0.15, 0.2) is 0 Å². The third-order valence-corrected chi connectivity index (χ3v) is 2.63. The molecule has 0 aromatic carbocycles. The molecule has 0 radical (unpaired) electrons. The Bertz CT molecular complexity index is 395. The van der Waals surface area contributed by atoms with Gasteiger partial charge in [-0.2, -0.15) is 0 Å². The Balaban J connectivity index is 2.71. The molecule has 1 N–H and O–H groups in total. The predicted molar refractivity (Wildman–Crippen MR) is 67.3 cm³/mol. The fourth-order valence-corrected chi connectivity index (χ4v) is 1.43. The van der Waals surface area contributed by atoms with Crippen molar-refractivity contribution < 1.29 is 4.92 Å². The third-order valence-electron chi connectivity index (χ3n) is 2.63. The Morgan fingerprint density at radius 1 is 1.59 bits per heavy atom. The summed E-state index contributed by atoms with van der Waals surface area (Å²) < 4.78 is 0. The van der Waals surface area contributed by atoms with E-state index in [0.717, 1.165) is 13.1 Å². The Kier molecular flexibility index (Phi) is 4.84. The molecular formula is C11H18N4O2. The van der Waals surface area contributed by atoms with Crippen molar-refractivity contribution in [2.75, 3.05) is 32.0 Å². The van der Waals surface area contributed by atoms with Crippen molar-refractivity contribution in [2.24, 2.45) is 0 Å². The summed E-state index contributed by atoms with van der Waals surface area (Å²) in [4.78, 5) is 16.6. The summed E-state index contributed by atoms with van der Waals surface area (Å²) in [6.45, 7) is 6.19. The zero-order chi connectivity index (χ0) is 12.8. The molecule has 1 heterocycles. The van der Waals surface area contributed by atoms with Gasteiger partial charge in [0.1, 0.15) is 0 Å². The van der Waals surface area contributed by atoms with Crippen LogP contribution in [0.25, 0.3) is 0 Å². The molecule has 0 fully saturated rings. The van der Waals surface area contributed by atoms with Crippen LogP contribution < -0.4 is 5.32 Å². The van der Waals surface area contributed by atoms with Crippen LogP contribution in [0.2, 0.25) is 0 Å². The molecule has 1 aromatic rings. The summed E-state index contributed by atoms with van der Waals surface area (Å²) in [6, 6.07) is 1.64. The number of rotatable bonds is 6. The molecule has 6 nitrogen and oxygen atoms in total. The van der Waals surface area contributed by atoms with E-state index in [9.17, 15) is 10.1 Å². The molecule has 17 heavy (non-hydrogen) atoms. The molecule has 0 amide bonds. The van der Waals surface area contributed by atoms with E-state index in [0.29, 0.717) is 17.9 Å². The largest absolute Gasteiger partial charge is 0.363 e. The number of nitrogens with zero attached hydrogens (tertiary/aromatic N) is 3. The summed E-state index contributed by atoms with van der Waals surface area (Å²) >= 11 is 0. The SMILES string of the molecule is CCN(C)CCNc1nccc(C)c1[N+](=O)[O-]. The van der Waals surface area contributed by atoms with Crippen LogP contribution in [0.1, 0.15) is 12.5 Å². The van der Waals surface area contributed by atoms with Crippen LogP contribution in [0.4, 0.5) is 11.5 Å². The maximum absolute atomic E-state index is 10.9. The molecule has 0 atom stereocenters. The number of anilines is 1. The number of aryl methyl sites for hydroxylation is 1. The van der Waals surface area contributed by atoms with E-state index < -0.39 is 4.92 Å². The molecule has 0 spiro atoms. The standard InChI is InChI=1S/C11H18N4O2/c1-4-14(3)8-7-13-11-10(15(16)17)9(2)5-6-12-11/h5-6H,4,7-8H2,1-3H3,(H,12,13). The molecule has 1 rings (SSSR count). The van der Waals surface area contributed by atoms with E-state index in [-0.39, 0.29) is 5.69 Å². The normalized spacial score (nSPS) is 10.6. The van der Waals surface area contributed by atoms with E-state index in [1.54, 1.807) is 19.2 Å². The molecule has 6 heteroatoms. The summed E-state index contributed by atoms with van der Waals surface area (Å²) in [5.74, 6) is 0.347. The van der Waals surface area contributed by atoms with Gasteiger partial charge in [0.25, 0.3) is 0 Å². The summed E-state index contributed by atoms with van der Waals surface area (Å²) in [7, 11) is 2.00. The minimum absolute atomic E-state index is 0.0617. The first-order chi connectivity index (χ1) is 8.06. The van der Waals surface area contributed by atoms with Crippen LogP contribution in [0, 0.1) is 17.0 Å². The molecule has 0 bridgehead atoms. The molecule has 0 aliphatic heterocycles. The molecule has 0 aliphatic carbocycles. The maximum atomic E-state index is 10.9. The van der Waals surface area contributed by atoms with E-state index >= 15 is 0 Å². The number of hydrogen-bond donors (Lipinski definition) is 1. The fraction of sp³-hybridized carbons (Fsp3) is 0.545. The number of nitrogens with one attached hydrogen (secondary N) is 1. The molecule has 0 saturated heterocycles. The monoisotopic (exact) mass is 238 g/mol. The molecular weight excluding hydrogens is 220 g/mol. The van der Waals surface area contributed by atoms with E-state index in [4.69, 9.17) is 0 Å². The smallest absolute Gasteiger partial charge is 0.314 e. The van der Waals surface area contributed by atoms with Gasteiger partial charge in [0.05, 0.1) is 4.92 Å². The van der Waals surface area contributed by atoms with Crippen LogP contribution >= 0.6 is 0 Å². The van der Waals surface area contributed by atoms with Crippen LogP contribution in [0.5, 0.6) is 0 Å². The van der Waals surface area contributed by atoms with Crippen molar-refractivity contribution >= 4 is 11.5 Å². The van der Waals surface area contributed by atoms with Crippen LogP contribution in [-0.4, -0.2) is 41.5 Å². The lowest BCUT2D eigenvalue weighted by Gasteiger charge is -2.14. The molecule has 94 valence electrons. The highest BCUT2D eigenvalue weighted by Gasteiger charge is 2.17. The first kappa shape index (κ1) is 13.4. The summed E-state index contributed by atoms with van der Waals surface area (Å²) in [6.07, 6.45) is 1.58. The van der Waals surface area contributed by atoms with E-state index in [1.165, 1.54) is 0 Å². The van der Waals surface area contributed by atoms with Crippen molar-refractivity contribution in [1.82, 2.24) is 9.88 Å². The van der Waals surface area contributed by atoms with E-state index in [1.807, 2.05) is 7.05 Å². The van der Waals surface area contributed by atoms with Gasteiger partial charge >= 0.3 is 5.69 Å². The Labute approximate surface area is 101 Å². The summed E-state index contributed by atoms with van der Waals surface area (Å²) in [5.41, 5.74) is 0.683. The lowest BCUT2D eigenvalue weighted by Crippen LogP contribution is -2.25. The van der Waals surface area contributed by atoms with Gasteiger partial charge in [0.2, 0.25) is 5.82 Å². The number of hydrogen-bond acceptors (Lipinski definition) is 5. The minimum atomic E-state index is -0.395. The number of aromatic nitrogens is 1. The van der Waals surface area contributed by atoms with E-state index in [2.05, 4.69) is 22.1 Å². The fourth-order valence-electron chi connectivity index (χ4n) is 1.43. The third kappa shape index (κ3) is 3.67. The van der Waals surface area contributed by atoms with Crippen molar-refractivity contribution in [1.29, 1.82) is 0 Å². The van der Waals surface area contributed by atoms with Gasteiger partial charge in [0, 0.05) is 24.8 Å². The Morgan fingerprint density at radius 3 is 2.88 bits per heavy atom. The second kappa shape index (κ2) is 6.15. The van der Waals surface area contributed by atoms with Gasteiger partial charge in [-0.05, 0) is 26.6 Å². The number of likely N-dealkylation sites (N-methyl/N-ethyl adjacent to an activating group) is 1. The first-order valence-electron chi connectivity index (χ1n) is 5.58. The van der Waals surface area contributed by atoms with Gasteiger partial charge < -0.3 is 10.2 Å². The second-order valence-electron chi connectivity index (χ2n) is 3.90. The average Bonchev–Trinajstić information content (AvgIpc) is 2.28. The van der Waals surface area contributed by atoms with Crippen molar-refractivity contribution in [3.05, 3.63) is 27.9 Å². The lowest BCUT2D eigenvalue weighted by atomic mass is 10.2.